The van der Waals surface area contributed by atoms with Crippen LogP contribution in [0.1, 0.15) is 112 Å². The Morgan fingerprint density at radius 2 is 0.979 bits per heavy atom. The molecular formula is C38H53ClO8. The second-order valence-electron chi connectivity index (χ2n) is 11.0. The first kappa shape index (κ1) is 43.1. The summed E-state index contributed by atoms with van der Waals surface area (Å²) in [6.07, 6.45) is 14.7. The molecule has 0 unspecified atom stereocenters. The van der Waals surface area contributed by atoms with Crippen LogP contribution in [-0.2, 0) is 19.1 Å². The van der Waals surface area contributed by atoms with Gasteiger partial charge in [0.05, 0.1) is 19.8 Å². The minimum atomic E-state index is -0.302. The number of aldehydes is 2. The third-order valence-electron chi connectivity index (χ3n) is 6.54. The summed E-state index contributed by atoms with van der Waals surface area (Å²) in [6.45, 7) is 12.1. The van der Waals surface area contributed by atoms with Crippen molar-refractivity contribution in [2.45, 2.75) is 90.9 Å². The molecule has 0 amide bonds. The molecular weight excluding hydrogens is 620 g/mol. The average molecular weight is 673 g/mol. The van der Waals surface area contributed by atoms with Crippen LogP contribution >= 0.6 is 11.6 Å². The predicted octanol–water partition coefficient (Wildman–Crippen LogP) is 9.23. The third-order valence-corrected chi connectivity index (χ3v) is 6.81. The lowest BCUT2D eigenvalue weighted by molar-refractivity contribution is -0.139. The van der Waals surface area contributed by atoms with Gasteiger partial charge in [-0.25, -0.2) is 9.59 Å². The molecule has 0 heterocycles. The van der Waals surface area contributed by atoms with Gasteiger partial charge in [0.1, 0.15) is 24.1 Å². The van der Waals surface area contributed by atoms with Crippen molar-refractivity contribution in [3.8, 4) is 11.5 Å². The fourth-order valence-corrected chi connectivity index (χ4v) is 3.97. The van der Waals surface area contributed by atoms with Crippen LogP contribution in [0.15, 0.2) is 72.8 Å². The second kappa shape index (κ2) is 29.5. The molecule has 0 spiro atoms. The van der Waals surface area contributed by atoms with Crippen molar-refractivity contribution in [2.24, 2.45) is 0 Å². The Morgan fingerprint density at radius 3 is 1.36 bits per heavy atom. The Labute approximate surface area is 286 Å². The van der Waals surface area contributed by atoms with Crippen LogP contribution in [-0.4, -0.2) is 55.3 Å². The van der Waals surface area contributed by atoms with Gasteiger partial charge in [-0.2, -0.15) is 0 Å². The second-order valence-corrected chi connectivity index (χ2v) is 11.4. The highest BCUT2D eigenvalue weighted by atomic mass is 35.5. The lowest BCUT2D eigenvalue weighted by atomic mass is 10.1. The van der Waals surface area contributed by atoms with E-state index < -0.39 is 0 Å². The molecule has 0 saturated carbocycles. The standard InChI is InChI=1S/C19H26O4.C12H21ClO2.C7H6O2/c1-16(2)19(21)23-14-8-6-4-3-5-7-13-22-18-11-9-17(15-20)10-12-18;1-11(2)12(14)15-10-8-6-4-3-5-7-9-13;8-5-6-1-3-7(9)4-2-6/h9-12,15H,1,3-8,13-14H2,2H3;1,3-10H2,2H3;1-5,9H. The summed E-state index contributed by atoms with van der Waals surface area (Å²) in [5.74, 6) is 1.16. The largest absolute Gasteiger partial charge is 0.508 e. The minimum absolute atomic E-state index is 0.181. The summed E-state index contributed by atoms with van der Waals surface area (Å²) in [7, 11) is 0. The molecule has 1 N–H and O–H groups in total. The highest BCUT2D eigenvalue weighted by molar-refractivity contribution is 6.17. The monoisotopic (exact) mass is 672 g/mol. The summed E-state index contributed by atoms with van der Waals surface area (Å²) >= 11 is 5.56. The summed E-state index contributed by atoms with van der Waals surface area (Å²) in [4.78, 5) is 42.7. The van der Waals surface area contributed by atoms with Gasteiger partial charge in [-0.15, -0.1) is 11.6 Å². The van der Waals surface area contributed by atoms with Crippen molar-refractivity contribution in [3.63, 3.8) is 0 Å². The van der Waals surface area contributed by atoms with Crippen LogP contribution in [0.5, 0.6) is 11.5 Å². The van der Waals surface area contributed by atoms with Crippen LogP contribution in [0.2, 0.25) is 0 Å². The minimum Gasteiger partial charge on any atom is -0.508 e. The highest BCUT2D eigenvalue weighted by Crippen LogP contribution is 2.13. The van der Waals surface area contributed by atoms with Crippen LogP contribution in [0.25, 0.3) is 0 Å². The molecule has 260 valence electrons. The van der Waals surface area contributed by atoms with Gasteiger partial charge >= 0.3 is 11.9 Å². The van der Waals surface area contributed by atoms with Gasteiger partial charge in [0, 0.05) is 28.2 Å². The molecule has 0 saturated heterocycles. The number of phenolic OH excluding ortho intramolecular Hbond substituents is 1. The van der Waals surface area contributed by atoms with Crippen molar-refractivity contribution in [1.29, 1.82) is 0 Å². The molecule has 2 aromatic carbocycles. The number of esters is 2. The molecule has 0 aliphatic carbocycles. The molecule has 0 fully saturated rings. The van der Waals surface area contributed by atoms with Gasteiger partial charge in [0.2, 0.25) is 0 Å². The number of aromatic hydroxyl groups is 1. The van der Waals surface area contributed by atoms with Crippen molar-refractivity contribution < 1.29 is 38.5 Å². The zero-order valence-corrected chi connectivity index (χ0v) is 28.9. The lowest BCUT2D eigenvalue weighted by Crippen LogP contribution is -2.06. The number of ether oxygens (including phenoxy) is 3. The number of phenols is 1. The molecule has 0 radical (unpaired) electrons. The van der Waals surface area contributed by atoms with Gasteiger partial charge in [-0.1, -0.05) is 64.5 Å². The van der Waals surface area contributed by atoms with E-state index in [9.17, 15) is 19.2 Å². The molecule has 0 aliphatic heterocycles. The number of rotatable bonds is 22. The van der Waals surface area contributed by atoms with Crippen LogP contribution in [0, 0.1) is 0 Å². The summed E-state index contributed by atoms with van der Waals surface area (Å²) in [6, 6.07) is 13.2. The first-order valence-corrected chi connectivity index (χ1v) is 16.8. The Bertz CT molecular complexity index is 1160. The molecule has 0 aromatic heterocycles. The number of hydrogen-bond acceptors (Lipinski definition) is 8. The average Bonchev–Trinajstić information content (AvgIpc) is 3.07. The Balaban J connectivity index is 0.000000751. The van der Waals surface area contributed by atoms with E-state index in [4.69, 9.17) is 30.9 Å². The van der Waals surface area contributed by atoms with Crippen molar-refractivity contribution in [1.82, 2.24) is 0 Å². The Kier molecular flexibility index (Phi) is 27.0. The summed E-state index contributed by atoms with van der Waals surface area (Å²) in [5.41, 5.74) is 2.15. The number of carbonyl (C=O) groups is 4. The Morgan fingerprint density at radius 1 is 0.617 bits per heavy atom. The first-order valence-electron chi connectivity index (χ1n) is 16.3. The Hall–Kier alpha value is -3.91. The van der Waals surface area contributed by atoms with Gasteiger partial charge in [-0.05, 0) is 88.1 Å². The molecule has 0 aliphatic rings. The van der Waals surface area contributed by atoms with E-state index in [2.05, 4.69) is 13.2 Å². The summed E-state index contributed by atoms with van der Waals surface area (Å²) in [5, 5.41) is 8.74. The van der Waals surface area contributed by atoms with E-state index >= 15 is 0 Å². The maximum Gasteiger partial charge on any atom is 0.333 e. The van der Waals surface area contributed by atoms with Crippen molar-refractivity contribution in [2.75, 3.05) is 25.7 Å². The number of benzene rings is 2. The molecule has 0 bridgehead atoms. The molecule has 47 heavy (non-hydrogen) atoms. The van der Waals surface area contributed by atoms with Crippen LogP contribution < -0.4 is 4.74 Å². The fraction of sp³-hybridized carbons (Fsp3) is 0.474. The number of alkyl halides is 1. The van der Waals surface area contributed by atoms with E-state index in [0.717, 1.165) is 82.0 Å². The van der Waals surface area contributed by atoms with E-state index in [1.54, 1.807) is 38.1 Å². The zero-order chi connectivity index (χ0) is 35.1. The van der Waals surface area contributed by atoms with E-state index in [-0.39, 0.29) is 17.7 Å². The summed E-state index contributed by atoms with van der Waals surface area (Å²) < 4.78 is 15.6. The van der Waals surface area contributed by atoms with E-state index in [1.165, 1.54) is 31.4 Å². The third kappa shape index (κ3) is 25.9. The van der Waals surface area contributed by atoms with Crippen molar-refractivity contribution in [3.05, 3.63) is 84.0 Å². The number of carbonyl (C=O) groups excluding carboxylic acids is 4. The quantitative estimate of drug-likeness (QED) is 0.0433. The molecule has 2 aromatic rings. The number of unbranched alkanes of at least 4 members (excludes halogenated alkanes) is 10. The smallest absolute Gasteiger partial charge is 0.333 e. The van der Waals surface area contributed by atoms with Gasteiger partial charge < -0.3 is 19.3 Å². The van der Waals surface area contributed by atoms with Gasteiger partial charge in [0.25, 0.3) is 0 Å². The molecule has 0 atom stereocenters. The van der Waals surface area contributed by atoms with E-state index in [0.29, 0.717) is 42.1 Å². The molecule has 2 rings (SSSR count). The van der Waals surface area contributed by atoms with Gasteiger partial charge in [0.15, 0.2) is 0 Å². The molecule has 8 nitrogen and oxygen atoms in total. The van der Waals surface area contributed by atoms with Crippen LogP contribution in [0.3, 0.4) is 0 Å². The molecule has 9 heteroatoms. The number of halogens is 1. The normalized spacial score (nSPS) is 9.85. The lowest BCUT2D eigenvalue weighted by Gasteiger charge is -2.06. The zero-order valence-electron chi connectivity index (χ0n) is 28.2. The SMILES string of the molecule is C=C(C)C(=O)OCCCCCCCCCl.C=C(C)C(=O)OCCCCCCCCOc1ccc(C=O)cc1.O=Cc1ccc(O)cc1. The first-order chi connectivity index (χ1) is 22.6. The number of hydrogen-bond donors (Lipinski definition) is 1. The maximum absolute atomic E-state index is 11.1. The van der Waals surface area contributed by atoms with Gasteiger partial charge in [-0.3, -0.25) is 9.59 Å². The van der Waals surface area contributed by atoms with E-state index in [1.807, 2.05) is 12.1 Å². The fourth-order valence-electron chi connectivity index (χ4n) is 3.78. The van der Waals surface area contributed by atoms with Crippen molar-refractivity contribution >= 4 is 36.1 Å². The highest BCUT2D eigenvalue weighted by Gasteiger charge is 2.03. The van der Waals surface area contributed by atoms with Crippen LogP contribution in [0.4, 0.5) is 0 Å². The topological polar surface area (TPSA) is 116 Å². The maximum atomic E-state index is 11.1. The predicted molar refractivity (Wildman–Crippen MR) is 188 cm³/mol.